The largest absolute Gasteiger partial charge is 0.466 e. The standard InChI is InChI=1S/C10H16N4O4/c1-3-6-18-8(15)4-5-11-9-10(14(16)17)13(2)7-12-9/h7,11H,3-6H2,1-2H3. The third-order valence-corrected chi connectivity index (χ3v) is 2.17. The minimum Gasteiger partial charge on any atom is -0.466 e. The molecule has 1 heterocycles. The van der Waals surface area contributed by atoms with Crippen LogP contribution in [0.4, 0.5) is 11.6 Å². The Morgan fingerprint density at radius 2 is 2.39 bits per heavy atom. The van der Waals surface area contributed by atoms with Gasteiger partial charge in [-0.2, -0.15) is 4.98 Å². The Bertz CT molecular complexity index is 430. The Morgan fingerprint density at radius 3 is 3.00 bits per heavy atom. The number of aryl methyl sites for hydroxylation is 1. The molecule has 1 aromatic heterocycles. The molecule has 0 aliphatic heterocycles. The lowest BCUT2D eigenvalue weighted by atomic mass is 10.4. The molecule has 8 nitrogen and oxygen atoms in total. The SMILES string of the molecule is CCCOC(=O)CCNc1ncn(C)c1[N+](=O)[O-]. The summed E-state index contributed by atoms with van der Waals surface area (Å²) >= 11 is 0. The van der Waals surface area contributed by atoms with Crippen molar-refractivity contribution in [3.8, 4) is 0 Å². The predicted molar refractivity (Wildman–Crippen MR) is 64.2 cm³/mol. The highest BCUT2D eigenvalue weighted by atomic mass is 16.6. The molecule has 0 aromatic carbocycles. The Labute approximate surface area is 104 Å². The number of imidazole rings is 1. The number of esters is 1. The van der Waals surface area contributed by atoms with Crippen LogP contribution in [0.5, 0.6) is 0 Å². The summed E-state index contributed by atoms with van der Waals surface area (Å²) in [5, 5.41) is 13.5. The zero-order valence-electron chi connectivity index (χ0n) is 10.4. The van der Waals surface area contributed by atoms with Crippen molar-refractivity contribution in [1.82, 2.24) is 9.55 Å². The monoisotopic (exact) mass is 256 g/mol. The van der Waals surface area contributed by atoms with Gasteiger partial charge < -0.3 is 20.2 Å². The predicted octanol–water partition coefficient (Wildman–Crippen LogP) is 1.08. The van der Waals surface area contributed by atoms with E-state index in [1.54, 1.807) is 0 Å². The average Bonchev–Trinajstić information content (AvgIpc) is 2.68. The molecule has 0 fully saturated rings. The second kappa shape index (κ2) is 6.58. The molecule has 0 saturated carbocycles. The molecule has 0 saturated heterocycles. The molecule has 1 N–H and O–H groups in total. The summed E-state index contributed by atoms with van der Waals surface area (Å²) in [6.07, 6.45) is 2.26. The number of hydrogen-bond donors (Lipinski definition) is 1. The Kier molecular flexibility index (Phi) is 5.09. The molecule has 0 aliphatic rings. The zero-order chi connectivity index (χ0) is 13.5. The van der Waals surface area contributed by atoms with E-state index in [2.05, 4.69) is 10.3 Å². The molecule has 0 aliphatic carbocycles. The van der Waals surface area contributed by atoms with Crippen molar-refractivity contribution < 1.29 is 14.5 Å². The van der Waals surface area contributed by atoms with Crippen molar-refractivity contribution >= 4 is 17.6 Å². The van der Waals surface area contributed by atoms with Crippen molar-refractivity contribution in [2.75, 3.05) is 18.5 Å². The second-order valence-corrected chi connectivity index (χ2v) is 3.68. The molecular weight excluding hydrogens is 240 g/mol. The van der Waals surface area contributed by atoms with Gasteiger partial charge in [0.2, 0.25) is 5.82 Å². The number of rotatable bonds is 7. The second-order valence-electron chi connectivity index (χ2n) is 3.68. The summed E-state index contributed by atoms with van der Waals surface area (Å²) in [6, 6.07) is 0. The van der Waals surface area contributed by atoms with Crippen LogP contribution in [0.15, 0.2) is 6.33 Å². The highest BCUT2D eigenvalue weighted by molar-refractivity contribution is 5.70. The minimum atomic E-state index is -0.523. The van der Waals surface area contributed by atoms with Crippen LogP contribution in [0, 0.1) is 10.1 Å². The maximum atomic E-state index is 11.2. The van der Waals surface area contributed by atoms with Crippen molar-refractivity contribution in [3.05, 3.63) is 16.4 Å². The van der Waals surface area contributed by atoms with Crippen LogP contribution in [-0.2, 0) is 16.6 Å². The zero-order valence-corrected chi connectivity index (χ0v) is 10.4. The molecule has 0 radical (unpaired) electrons. The van der Waals surface area contributed by atoms with E-state index in [-0.39, 0.29) is 30.6 Å². The van der Waals surface area contributed by atoms with Gasteiger partial charge in [-0.3, -0.25) is 4.79 Å². The molecule has 1 rings (SSSR count). The number of nitrogens with one attached hydrogen (secondary N) is 1. The number of carbonyl (C=O) groups is 1. The van der Waals surface area contributed by atoms with E-state index in [1.165, 1.54) is 17.9 Å². The summed E-state index contributed by atoms with van der Waals surface area (Å²) in [5.74, 6) is -0.300. The third kappa shape index (κ3) is 3.72. The van der Waals surface area contributed by atoms with Crippen molar-refractivity contribution in [3.63, 3.8) is 0 Å². The number of anilines is 1. The molecule has 0 bridgehead atoms. The number of nitrogens with zero attached hydrogens (tertiary/aromatic N) is 3. The van der Waals surface area contributed by atoms with Gasteiger partial charge in [-0.15, -0.1) is 0 Å². The van der Waals surface area contributed by atoms with Crippen LogP contribution >= 0.6 is 0 Å². The maximum absolute atomic E-state index is 11.2. The smallest absolute Gasteiger partial charge is 0.366 e. The molecule has 1 aromatic rings. The molecule has 0 spiro atoms. The quantitative estimate of drug-likeness (QED) is 0.445. The minimum absolute atomic E-state index is 0.128. The number of hydrogen-bond acceptors (Lipinski definition) is 6. The first-order valence-electron chi connectivity index (χ1n) is 5.61. The molecule has 0 atom stereocenters. The first kappa shape index (κ1) is 13.9. The first-order valence-corrected chi connectivity index (χ1v) is 5.61. The van der Waals surface area contributed by atoms with E-state index in [0.717, 1.165) is 6.42 Å². The number of ether oxygens (including phenoxy) is 1. The van der Waals surface area contributed by atoms with Crippen molar-refractivity contribution in [1.29, 1.82) is 0 Å². The highest BCUT2D eigenvalue weighted by Crippen LogP contribution is 2.20. The van der Waals surface area contributed by atoms with Gasteiger partial charge in [-0.05, 0) is 11.3 Å². The lowest BCUT2D eigenvalue weighted by Gasteiger charge is -2.04. The first-order chi connectivity index (χ1) is 8.56. The van der Waals surface area contributed by atoms with E-state index in [9.17, 15) is 14.9 Å². The highest BCUT2D eigenvalue weighted by Gasteiger charge is 2.18. The van der Waals surface area contributed by atoms with E-state index >= 15 is 0 Å². The van der Waals surface area contributed by atoms with Crippen LogP contribution in [-0.4, -0.2) is 33.6 Å². The van der Waals surface area contributed by atoms with Crippen LogP contribution in [0.3, 0.4) is 0 Å². The van der Waals surface area contributed by atoms with E-state index in [4.69, 9.17) is 4.74 Å². The molecule has 0 unspecified atom stereocenters. The maximum Gasteiger partial charge on any atom is 0.366 e. The van der Waals surface area contributed by atoms with Gasteiger partial charge in [-0.25, -0.2) is 4.57 Å². The van der Waals surface area contributed by atoms with Gasteiger partial charge in [0.1, 0.15) is 0 Å². The van der Waals surface area contributed by atoms with Gasteiger partial charge in [-0.1, -0.05) is 6.92 Å². The number of nitro groups is 1. The van der Waals surface area contributed by atoms with E-state index in [1.807, 2.05) is 6.92 Å². The molecule has 8 heteroatoms. The summed E-state index contributed by atoms with van der Waals surface area (Å²) < 4.78 is 6.18. The lowest BCUT2D eigenvalue weighted by Crippen LogP contribution is -2.13. The summed E-state index contributed by atoms with van der Waals surface area (Å²) in [4.78, 5) is 25.3. The van der Waals surface area contributed by atoms with Crippen molar-refractivity contribution in [2.45, 2.75) is 19.8 Å². The van der Waals surface area contributed by atoms with Gasteiger partial charge in [0.15, 0.2) is 6.33 Å². The van der Waals surface area contributed by atoms with Gasteiger partial charge >= 0.3 is 11.8 Å². The molecule has 0 amide bonds. The van der Waals surface area contributed by atoms with Crippen LogP contribution in [0.1, 0.15) is 19.8 Å². The van der Waals surface area contributed by atoms with Gasteiger partial charge in [0.25, 0.3) is 0 Å². The molecule has 18 heavy (non-hydrogen) atoms. The third-order valence-electron chi connectivity index (χ3n) is 2.17. The Balaban J connectivity index is 2.44. The van der Waals surface area contributed by atoms with E-state index < -0.39 is 4.92 Å². The normalized spacial score (nSPS) is 10.1. The van der Waals surface area contributed by atoms with Gasteiger partial charge in [0.05, 0.1) is 20.1 Å². The fourth-order valence-corrected chi connectivity index (χ4v) is 1.33. The molecule has 100 valence electrons. The Morgan fingerprint density at radius 1 is 1.67 bits per heavy atom. The molecular formula is C10H16N4O4. The summed E-state index contributed by atoms with van der Waals surface area (Å²) in [7, 11) is 1.53. The lowest BCUT2D eigenvalue weighted by molar-refractivity contribution is -0.390. The Hall–Kier alpha value is -2.12. The fourth-order valence-electron chi connectivity index (χ4n) is 1.33. The van der Waals surface area contributed by atoms with Crippen LogP contribution in [0.2, 0.25) is 0 Å². The number of carbonyl (C=O) groups excluding carboxylic acids is 1. The fraction of sp³-hybridized carbons (Fsp3) is 0.600. The van der Waals surface area contributed by atoms with Gasteiger partial charge in [0, 0.05) is 6.54 Å². The summed E-state index contributed by atoms with van der Waals surface area (Å²) in [6.45, 7) is 2.55. The van der Waals surface area contributed by atoms with E-state index in [0.29, 0.717) is 6.61 Å². The summed E-state index contributed by atoms with van der Waals surface area (Å²) in [5.41, 5.74) is 0. The number of aromatic nitrogens is 2. The van der Waals surface area contributed by atoms with Crippen LogP contribution in [0.25, 0.3) is 0 Å². The average molecular weight is 256 g/mol. The van der Waals surface area contributed by atoms with Crippen LogP contribution < -0.4 is 5.32 Å². The topological polar surface area (TPSA) is 99.3 Å². The van der Waals surface area contributed by atoms with Crippen molar-refractivity contribution in [2.24, 2.45) is 7.05 Å².